The van der Waals surface area contributed by atoms with Crippen LogP contribution in [0.25, 0.3) is 28.0 Å². The minimum absolute atomic E-state index is 0.216. The van der Waals surface area contributed by atoms with Crippen LogP contribution in [0.4, 0.5) is 0 Å². The zero-order valence-electron chi connectivity index (χ0n) is 33.7. The van der Waals surface area contributed by atoms with E-state index in [0.29, 0.717) is 23.0 Å². The van der Waals surface area contributed by atoms with Crippen LogP contribution in [-0.2, 0) is 0 Å². The van der Waals surface area contributed by atoms with Gasteiger partial charge in [-0.25, -0.2) is 4.99 Å². The number of nitrogens with one attached hydrogen (secondary N) is 3. The van der Waals surface area contributed by atoms with Gasteiger partial charge in [0.15, 0.2) is 23.0 Å². The van der Waals surface area contributed by atoms with Crippen molar-refractivity contribution in [2.45, 2.75) is 18.5 Å². The average Bonchev–Trinajstić information content (AvgIpc) is 3.36. The second kappa shape index (κ2) is 16.2. The van der Waals surface area contributed by atoms with Crippen molar-refractivity contribution in [3.63, 3.8) is 0 Å². The van der Waals surface area contributed by atoms with E-state index in [2.05, 4.69) is 168 Å². The molecule has 0 spiro atoms. The SMILES string of the molecule is C1=C(c2cccc(-c3ccc(-c4cccc5c4Oc4ccccc4O5)c(C4=NC(c5ccccc5)NC(c5ccccc5)N4)c3)c2)NC(c2ccccc2)N=C1c1ccccc1. The Balaban J connectivity index is 1.04. The van der Waals surface area contributed by atoms with E-state index in [9.17, 15) is 0 Å². The molecule has 0 saturated heterocycles. The van der Waals surface area contributed by atoms with E-state index >= 15 is 0 Å². The van der Waals surface area contributed by atoms with Crippen LogP contribution in [0.15, 0.2) is 222 Å². The number of ether oxygens (including phenoxy) is 2. The van der Waals surface area contributed by atoms with Crippen LogP contribution in [-0.4, -0.2) is 11.5 Å². The quantitative estimate of drug-likeness (QED) is 0.143. The molecule has 3 unspecified atom stereocenters. The van der Waals surface area contributed by atoms with Gasteiger partial charge in [0.1, 0.15) is 24.3 Å². The third-order valence-electron chi connectivity index (χ3n) is 11.5. The molecular weight excluding hydrogens is 763 g/mol. The third-order valence-corrected chi connectivity index (χ3v) is 11.5. The summed E-state index contributed by atoms with van der Waals surface area (Å²) >= 11 is 0. The molecule has 8 aromatic rings. The number of fused-ring (bicyclic) bond motifs is 2. The molecule has 3 N–H and O–H groups in total. The summed E-state index contributed by atoms with van der Waals surface area (Å²) in [7, 11) is 0. The molecule has 0 radical (unpaired) electrons. The van der Waals surface area contributed by atoms with Crippen LogP contribution in [0, 0.1) is 0 Å². The van der Waals surface area contributed by atoms with Gasteiger partial charge in [0.2, 0.25) is 0 Å². The first-order chi connectivity index (χ1) is 30.7. The van der Waals surface area contributed by atoms with E-state index in [-0.39, 0.29) is 18.5 Å². The first-order valence-electron chi connectivity index (χ1n) is 20.9. The van der Waals surface area contributed by atoms with Crippen molar-refractivity contribution < 1.29 is 9.47 Å². The minimum atomic E-state index is -0.309. The van der Waals surface area contributed by atoms with Crippen molar-refractivity contribution in [3.8, 4) is 45.3 Å². The standard InChI is InChI=1S/C55H41N5O2/c1-5-17-36(18-6-1)46-35-47(57-52(56-46)37-19-7-2-8-20-37)42-26-15-25-40(33-42)41-31-32-43(44-27-16-30-50-51(44)62-49-29-14-13-28-48(49)61-50)45(34-41)55-59-53(38-21-9-3-10-22-38)58-54(60-55)39-23-11-4-12-24-39/h1-35,52-54,57-58H,(H,59,60). The second-order valence-electron chi connectivity index (χ2n) is 15.5. The number of hydrogen-bond donors (Lipinski definition) is 3. The smallest absolute Gasteiger partial charge is 0.177 e. The highest BCUT2D eigenvalue weighted by Gasteiger charge is 2.29. The Morgan fingerprint density at radius 3 is 1.71 bits per heavy atom. The van der Waals surface area contributed by atoms with Gasteiger partial charge < -0.3 is 20.1 Å². The molecule has 0 aromatic heterocycles. The molecule has 0 amide bonds. The summed E-state index contributed by atoms with van der Waals surface area (Å²) in [4.78, 5) is 10.6. The number of nitrogens with zero attached hydrogens (tertiary/aromatic N) is 2. The van der Waals surface area contributed by atoms with Crippen LogP contribution in [0.5, 0.6) is 23.0 Å². The highest BCUT2D eigenvalue weighted by molar-refractivity contribution is 6.13. The summed E-state index contributed by atoms with van der Waals surface area (Å²) in [5, 5.41) is 11.3. The van der Waals surface area contributed by atoms with E-state index in [1.807, 2.05) is 60.7 Å². The van der Waals surface area contributed by atoms with Gasteiger partial charge in [-0.15, -0.1) is 0 Å². The molecule has 298 valence electrons. The van der Waals surface area contributed by atoms with E-state index in [0.717, 1.165) is 72.9 Å². The summed E-state index contributed by atoms with van der Waals surface area (Å²) in [6, 6.07) is 70.8. The zero-order valence-corrected chi connectivity index (χ0v) is 33.7. The number of para-hydroxylation sites is 3. The van der Waals surface area contributed by atoms with Crippen molar-refractivity contribution in [2.75, 3.05) is 0 Å². The number of allylic oxidation sites excluding steroid dienone is 1. The fourth-order valence-electron chi connectivity index (χ4n) is 8.36. The predicted molar refractivity (Wildman–Crippen MR) is 248 cm³/mol. The lowest BCUT2D eigenvalue weighted by molar-refractivity contribution is 0.361. The monoisotopic (exact) mass is 803 g/mol. The Labute approximate surface area is 360 Å². The van der Waals surface area contributed by atoms with Crippen molar-refractivity contribution in [3.05, 3.63) is 246 Å². The van der Waals surface area contributed by atoms with Gasteiger partial charge in [-0.3, -0.25) is 10.3 Å². The molecule has 0 aliphatic carbocycles. The maximum Gasteiger partial charge on any atom is 0.177 e. The summed E-state index contributed by atoms with van der Waals surface area (Å²) in [6.45, 7) is 0. The highest BCUT2D eigenvalue weighted by atomic mass is 16.6. The third kappa shape index (κ3) is 7.31. The summed E-state index contributed by atoms with van der Waals surface area (Å²) in [5.41, 5.74) is 12.2. The van der Waals surface area contributed by atoms with Crippen LogP contribution in [0.2, 0.25) is 0 Å². The van der Waals surface area contributed by atoms with Crippen LogP contribution < -0.4 is 25.4 Å². The van der Waals surface area contributed by atoms with Crippen molar-refractivity contribution in [2.24, 2.45) is 9.98 Å². The fraction of sp³-hybridized carbons (Fsp3) is 0.0545. The van der Waals surface area contributed by atoms with Gasteiger partial charge in [0.05, 0.1) is 5.71 Å². The van der Waals surface area contributed by atoms with Gasteiger partial charge in [0, 0.05) is 16.8 Å². The summed E-state index contributed by atoms with van der Waals surface area (Å²) < 4.78 is 13.1. The van der Waals surface area contributed by atoms with Gasteiger partial charge >= 0.3 is 0 Å². The molecule has 0 saturated carbocycles. The zero-order chi connectivity index (χ0) is 41.2. The van der Waals surface area contributed by atoms with E-state index in [4.69, 9.17) is 19.5 Å². The van der Waals surface area contributed by atoms with E-state index in [1.165, 1.54) is 0 Å². The van der Waals surface area contributed by atoms with Gasteiger partial charge in [-0.05, 0) is 80.9 Å². The first-order valence-corrected chi connectivity index (χ1v) is 20.9. The Morgan fingerprint density at radius 1 is 0.387 bits per heavy atom. The van der Waals surface area contributed by atoms with E-state index in [1.54, 1.807) is 0 Å². The van der Waals surface area contributed by atoms with Crippen LogP contribution in [0.1, 0.15) is 51.9 Å². The average molecular weight is 804 g/mol. The first kappa shape index (κ1) is 37.0. The lowest BCUT2D eigenvalue weighted by Crippen LogP contribution is -2.45. The maximum absolute atomic E-state index is 6.64. The molecule has 7 nitrogen and oxygen atoms in total. The molecule has 0 fully saturated rings. The molecule has 3 aliphatic rings. The van der Waals surface area contributed by atoms with Crippen molar-refractivity contribution >= 4 is 17.2 Å². The topological polar surface area (TPSA) is 79.3 Å². The van der Waals surface area contributed by atoms with Gasteiger partial charge in [0.25, 0.3) is 0 Å². The number of hydrogen-bond acceptors (Lipinski definition) is 7. The number of rotatable bonds is 8. The molecule has 3 heterocycles. The molecule has 3 atom stereocenters. The summed E-state index contributed by atoms with van der Waals surface area (Å²) in [5.74, 6) is 3.45. The predicted octanol–water partition coefficient (Wildman–Crippen LogP) is 12.4. The Bertz CT molecular complexity index is 3000. The second-order valence-corrected chi connectivity index (χ2v) is 15.5. The number of amidine groups is 1. The molecule has 62 heavy (non-hydrogen) atoms. The maximum atomic E-state index is 6.64. The molecular formula is C55H41N5O2. The summed E-state index contributed by atoms with van der Waals surface area (Å²) in [6.07, 6.45) is 1.39. The fourth-order valence-corrected chi connectivity index (χ4v) is 8.36. The Hall–Kier alpha value is -8.00. The van der Waals surface area contributed by atoms with E-state index < -0.39 is 0 Å². The lowest BCUT2D eigenvalue weighted by Gasteiger charge is -2.33. The molecule has 11 rings (SSSR count). The lowest BCUT2D eigenvalue weighted by atomic mass is 9.92. The minimum Gasteiger partial charge on any atom is -0.449 e. The Kier molecular flexibility index (Phi) is 9.69. The molecule has 8 aromatic carbocycles. The largest absolute Gasteiger partial charge is 0.449 e. The van der Waals surface area contributed by atoms with Crippen molar-refractivity contribution in [1.82, 2.24) is 16.0 Å². The molecule has 3 aliphatic heterocycles. The van der Waals surface area contributed by atoms with Crippen LogP contribution >= 0.6 is 0 Å². The Morgan fingerprint density at radius 2 is 0.968 bits per heavy atom. The van der Waals surface area contributed by atoms with Gasteiger partial charge in [-0.1, -0.05) is 176 Å². The number of benzene rings is 8. The normalized spacial score (nSPS) is 17.6. The van der Waals surface area contributed by atoms with Crippen LogP contribution in [0.3, 0.4) is 0 Å². The highest BCUT2D eigenvalue weighted by Crippen LogP contribution is 2.50. The van der Waals surface area contributed by atoms with Crippen molar-refractivity contribution in [1.29, 1.82) is 0 Å². The molecule has 7 heteroatoms. The molecule has 0 bridgehead atoms. The van der Waals surface area contributed by atoms with Gasteiger partial charge in [-0.2, -0.15) is 0 Å². The number of aliphatic imine (C=N–C) groups is 2.